The summed E-state index contributed by atoms with van der Waals surface area (Å²) in [5, 5.41) is 0. The third-order valence-electron chi connectivity index (χ3n) is 4.26. The molecule has 26 heavy (non-hydrogen) atoms. The summed E-state index contributed by atoms with van der Waals surface area (Å²) in [6.45, 7) is 5.96. The van der Waals surface area contributed by atoms with Crippen molar-refractivity contribution in [2.45, 2.75) is 13.0 Å². The first-order valence-electron chi connectivity index (χ1n) is 8.35. The number of rotatable bonds is 8. The Morgan fingerprint density at radius 2 is 1.81 bits per heavy atom. The van der Waals surface area contributed by atoms with Gasteiger partial charge in [-0.2, -0.15) is 0 Å². The molecule has 1 unspecified atom stereocenters. The average Bonchev–Trinajstić information content (AvgIpc) is 2.70. The van der Waals surface area contributed by atoms with E-state index in [-0.39, 0.29) is 11.9 Å². The fraction of sp³-hybridized carbons (Fsp3) is 0.286. The number of hydrogen-bond donors (Lipinski definition) is 0. The summed E-state index contributed by atoms with van der Waals surface area (Å²) >= 11 is 0. The van der Waals surface area contributed by atoms with Crippen LogP contribution in [0.1, 0.15) is 28.9 Å². The minimum atomic E-state index is -0.152. The molecular formula is C21H25NO4. The molecule has 0 radical (unpaired) electrons. The molecule has 0 heterocycles. The van der Waals surface area contributed by atoms with Gasteiger partial charge in [0.15, 0.2) is 11.5 Å². The first-order valence-corrected chi connectivity index (χ1v) is 8.35. The molecule has 5 nitrogen and oxygen atoms in total. The van der Waals surface area contributed by atoms with Crippen LogP contribution in [0, 0.1) is 0 Å². The Morgan fingerprint density at radius 1 is 1.12 bits per heavy atom. The number of amides is 1. The number of ether oxygens (including phenoxy) is 3. The predicted octanol–water partition coefficient (Wildman–Crippen LogP) is 4.10. The molecule has 0 aromatic heterocycles. The van der Waals surface area contributed by atoms with Crippen LogP contribution in [0.4, 0.5) is 0 Å². The number of methoxy groups -OCH3 is 2. The van der Waals surface area contributed by atoms with Crippen molar-refractivity contribution in [2.24, 2.45) is 0 Å². The van der Waals surface area contributed by atoms with Crippen LogP contribution in [-0.4, -0.2) is 38.7 Å². The molecule has 1 amide bonds. The number of benzene rings is 2. The fourth-order valence-corrected chi connectivity index (χ4v) is 2.67. The minimum absolute atomic E-state index is 0.114. The molecule has 0 spiro atoms. The SMILES string of the molecule is C=CCOc1ccc(C(=O)N(C)C(C)c2ccccc2OC)cc1OC. The molecule has 0 saturated carbocycles. The van der Waals surface area contributed by atoms with Gasteiger partial charge in [-0.05, 0) is 31.2 Å². The van der Waals surface area contributed by atoms with Crippen LogP contribution in [0.2, 0.25) is 0 Å². The summed E-state index contributed by atoms with van der Waals surface area (Å²) in [6.07, 6.45) is 1.65. The monoisotopic (exact) mass is 355 g/mol. The zero-order valence-corrected chi connectivity index (χ0v) is 15.7. The van der Waals surface area contributed by atoms with E-state index in [1.165, 1.54) is 0 Å². The van der Waals surface area contributed by atoms with Crippen molar-refractivity contribution in [3.63, 3.8) is 0 Å². The molecule has 0 aliphatic rings. The van der Waals surface area contributed by atoms with E-state index in [1.807, 2.05) is 31.2 Å². The average molecular weight is 355 g/mol. The molecule has 1 atom stereocenters. The van der Waals surface area contributed by atoms with Gasteiger partial charge < -0.3 is 19.1 Å². The Kier molecular flexibility index (Phi) is 6.67. The van der Waals surface area contributed by atoms with E-state index >= 15 is 0 Å². The Labute approximate surface area is 154 Å². The Morgan fingerprint density at radius 3 is 2.46 bits per heavy atom. The minimum Gasteiger partial charge on any atom is -0.496 e. The Balaban J connectivity index is 2.25. The van der Waals surface area contributed by atoms with Gasteiger partial charge in [-0.15, -0.1) is 0 Å². The summed E-state index contributed by atoms with van der Waals surface area (Å²) in [7, 11) is 4.94. The second-order valence-corrected chi connectivity index (χ2v) is 5.80. The van der Waals surface area contributed by atoms with Crippen LogP contribution in [-0.2, 0) is 0 Å². The molecule has 0 N–H and O–H groups in total. The van der Waals surface area contributed by atoms with Gasteiger partial charge >= 0.3 is 0 Å². The molecule has 2 aromatic rings. The highest BCUT2D eigenvalue weighted by Crippen LogP contribution is 2.31. The van der Waals surface area contributed by atoms with E-state index in [0.717, 1.165) is 11.3 Å². The summed E-state index contributed by atoms with van der Waals surface area (Å²) in [5.74, 6) is 1.72. The molecule has 0 aliphatic heterocycles. The van der Waals surface area contributed by atoms with E-state index in [1.54, 1.807) is 50.4 Å². The van der Waals surface area contributed by atoms with Crippen LogP contribution in [0.3, 0.4) is 0 Å². The number of carbonyl (C=O) groups excluding carboxylic acids is 1. The van der Waals surface area contributed by atoms with E-state index in [9.17, 15) is 4.79 Å². The normalized spacial score (nSPS) is 11.4. The van der Waals surface area contributed by atoms with Crippen LogP contribution < -0.4 is 14.2 Å². The summed E-state index contributed by atoms with van der Waals surface area (Å²) in [6, 6.07) is 12.7. The number of para-hydroxylation sites is 1. The number of carbonyl (C=O) groups is 1. The summed E-state index contributed by atoms with van der Waals surface area (Å²) in [5.41, 5.74) is 1.47. The van der Waals surface area contributed by atoms with E-state index < -0.39 is 0 Å². The zero-order valence-electron chi connectivity index (χ0n) is 15.7. The molecular weight excluding hydrogens is 330 g/mol. The molecule has 138 valence electrons. The lowest BCUT2D eigenvalue weighted by molar-refractivity contribution is 0.0740. The number of hydrogen-bond acceptors (Lipinski definition) is 4. The van der Waals surface area contributed by atoms with Crippen LogP contribution >= 0.6 is 0 Å². The molecule has 0 bridgehead atoms. The second kappa shape index (κ2) is 8.94. The van der Waals surface area contributed by atoms with E-state index in [2.05, 4.69) is 6.58 Å². The Hall–Kier alpha value is -2.95. The van der Waals surface area contributed by atoms with Crippen molar-refractivity contribution in [1.29, 1.82) is 0 Å². The van der Waals surface area contributed by atoms with Gasteiger partial charge in [-0.1, -0.05) is 30.9 Å². The molecule has 5 heteroatoms. The lowest BCUT2D eigenvalue weighted by Gasteiger charge is -2.27. The maximum absolute atomic E-state index is 12.9. The zero-order chi connectivity index (χ0) is 19.1. The first kappa shape index (κ1) is 19.4. The molecule has 2 aromatic carbocycles. The van der Waals surface area contributed by atoms with E-state index in [0.29, 0.717) is 23.7 Å². The Bertz CT molecular complexity index is 772. The van der Waals surface area contributed by atoms with Gasteiger partial charge in [0.05, 0.1) is 20.3 Å². The number of nitrogens with zero attached hydrogens (tertiary/aromatic N) is 1. The molecule has 2 rings (SSSR count). The molecule has 0 aliphatic carbocycles. The fourth-order valence-electron chi connectivity index (χ4n) is 2.67. The maximum atomic E-state index is 12.9. The van der Waals surface area contributed by atoms with Gasteiger partial charge in [0, 0.05) is 18.2 Å². The third-order valence-corrected chi connectivity index (χ3v) is 4.26. The largest absolute Gasteiger partial charge is 0.496 e. The predicted molar refractivity (Wildman–Crippen MR) is 102 cm³/mol. The highest BCUT2D eigenvalue weighted by molar-refractivity contribution is 5.95. The van der Waals surface area contributed by atoms with Gasteiger partial charge in [-0.25, -0.2) is 0 Å². The third kappa shape index (κ3) is 4.17. The van der Waals surface area contributed by atoms with Gasteiger partial charge in [0.1, 0.15) is 12.4 Å². The van der Waals surface area contributed by atoms with Crippen molar-refractivity contribution in [3.05, 3.63) is 66.2 Å². The van der Waals surface area contributed by atoms with Crippen molar-refractivity contribution < 1.29 is 19.0 Å². The molecule has 0 saturated heterocycles. The quantitative estimate of drug-likeness (QED) is 0.669. The van der Waals surface area contributed by atoms with Crippen molar-refractivity contribution in [1.82, 2.24) is 4.90 Å². The first-order chi connectivity index (χ1) is 12.5. The smallest absolute Gasteiger partial charge is 0.254 e. The lowest BCUT2D eigenvalue weighted by Crippen LogP contribution is -2.29. The summed E-state index contributed by atoms with van der Waals surface area (Å²) < 4.78 is 16.3. The highest BCUT2D eigenvalue weighted by atomic mass is 16.5. The molecule has 0 fully saturated rings. The second-order valence-electron chi connectivity index (χ2n) is 5.80. The van der Waals surface area contributed by atoms with Crippen molar-refractivity contribution >= 4 is 5.91 Å². The lowest BCUT2D eigenvalue weighted by atomic mass is 10.0. The van der Waals surface area contributed by atoms with E-state index in [4.69, 9.17) is 14.2 Å². The standard InChI is InChI=1S/C21H25NO4/c1-6-13-26-19-12-11-16(14-20(19)25-5)21(23)22(3)15(2)17-9-7-8-10-18(17)24-4/h6-12,14-15H,1,13H2,2-5H3. The van der Waals surface area contributed by atoms with Gasteiger partial charge in [0.2, 0.25) is 0 Å². The summed E-state index contributed by atoms with van der Waals surface area (Å²) in [4.78, 5) is 14.6. The van der Waals surface area contributed by atoms with Gasteiger partial charge in [-0.3, -0.25) is 4.79 Å². The van der Waals surface area contributed by atoms with Crippen molar-refractivity contribution in [3.8, 4) is 17.2 Å². The van der Waals surface area contributed by atoms with Crippen LogP contribution in [0.5, 0.6) is 17.2 Å². The van der Waals surface area contributed by atoms with Crippen LogP contribution in [0.25, 0.3) is 0 Å². The van der Waals surface area contributed by atoms with Crippen LogP contribution in [0.15, 0.2) is 55.1 Å². The van der Waals surface area contributed by atoms with Crippen molar-refractivity contribution in [2.75, 3.05) is 27.9 Å². The van der Waals surface area contributed by atoms with Gasteiger partial charge in [0.25, 0.3) is 5.91 Å². The topological polar surface area (TPSA) is 48.0 Å². The highest BCUT2D eigenvalue weighted by Gasteiger charge is 2.22. The maximum Gasteiger partial charge on any atom is 0.254 e.